The second kappa shape index (κ2) is 14.3. The maximum absolute atomic E-state index is 14.6. The van der Waals surface area contributed by atoms with Gasteiger partial charge in [-0.05, 0) is 80.2 Å². The number of aliphatic hydroxyl groups excluding tert-OH is 1. The zero-order valence-electron chi connectivity index (χ0n) is 28.5. The Hall–Kier alpha value is -3.53. The number of nitrogens with two attached hydrogens (primary N) is 1. The third kappa shape index (κ3) is 6.62. The van der Waals surface area contributed by atoms with Gasteiger partial charge in [0, 0.05) is 36.1 Å². The first-order chi connectivity index (χ1) is 22.5. The van der Waals surface area contributed by atoms with Crippen molar-refractivity contribution in [3.8, 4) is 0 Å². The van der Waals surface area contributed by atoms with E-state index in [9.17, 15) is 19.5 Å². The van der Waals surface area contributed by atoms with Crippen molar-refractivity contribution in [2.75, 3.05) is 26.3 Å². The number of carbonyl (C=O) groups is 3. The maximum atomic E-state index is 14.6. The van der Waals surface area contributed by atoms with Crippen LogP contribution in [0.2, 0.25) is 0 Å². The first-order valence-corrected chi connectivity index (χ1v) is 17.2. The van der Waals surface area contributed by atoms with E-state index in [1.54, 1.807) is 12.1 Å². The summed E-state index contributed by atoms with van der Waals surface area (Å²) in [5.41, 5.74) is 5.83. The Morgan fingerprint density at radius 3 is 2.68 bits per heavy atom. The van der Waals surface area contributed by atoms with Crippen LogP contribution in [0, 0.1) is 17.8 Å². The third-order valence-corrected chi connectivity index (χ3v) is 10.2. The van der Waals surface area contributed by atoms with Crippen LogP contribution >= 0.6 is 0 Å². The number of carbonyl (C=O) groups excluding carboxylic acids is 3. The summed E-state index contributed by atoms with van der Waals surface area (Å²) in [7, 11) is 0. The number of allylic oxidation sites excluding steroid dienone is 4. The summed E-state index contributed by atoms with van der Waals surface area (Å²) in [4.78, 5) is 43.3. The fourth-order valence-electron chi connectivity index (χ4n) is 7.48. The average Bonchev–Trinajstić information content (AvgIpc) is 3.76. The summed E-state index contributed by atoms with van der Waals surface area (Å²) in [6.45, 7) is 11.4. The van der Waals surface area contributed by atoms with Gasteiger partial charge in [-0.1, -0.05) is 69.7 Å². The van der Waals surface area contributed by atoms with Crippen LogP contribution in [0.1, 0.15) is 93.0 Å². The van der Waals surface area contributed by atoms with Gasteiger partial charge in [0.15, 0.2) is 11.4 Å². The summed E-state index contributed by atoms with van der Waals surface area (Å²) in [6, 6.07) is 5.31. The molecule has 5 rings (SSSR count). The molecule has 1 aromatic carbocycles. The summed E-state index contributed by atoms with van der Waals surface area (Å²) in [5.74, 6) is -0.551. The molecule has 254 valence electrons. The SMILES string of the molecule is CCNC1C=CC(CC)CC1COC(=O)C12OC1(CC(CO)=C(C)CCC1=CCNC(N)=C1)C(=O)c1cccc(CC(C)C)c1C2=O. The molecule has 0 radical (unpaired) electrons. The standard InChI is InChI=1S/C38H51N3O6/c1-6-25-13-14-31(40-7-2)28(18-25)22-46-36(45)38-35(44)33-27(17-23(3)4)9-8-10-30(33)34(43)37(38,47-38)20-29(21-42)24(5)11-12-26-15-16-41-32(39)19-26/h8-10,13-15,19,23,25,28,31,40-42H,6-7,11-12,16-18,20-22,39H2,1-5H3. The third-order valence-electron chi connectivity index (χ3n) is 10.2. The van der Waals surface area contributed by atoms with Crippen molar-refractivity contribution in [1.82, 2.24) is 10.6 Å². The number of dihydropyridines is 1. The second-order valence-electron chi connectivity index (χ2n) is 13.9. The average molecular weight is 646 g/mol. The van der Waals surface area contributed by atoms with Gasteiger partial charge in [-0.3, -0.25) is 9.59 Å². The molecule has 2 aliphatic heterocycles. The number of benzene rings is 1. The van der Waals surface area contributed by atoms with Crippen molar-refractivity contribution in [1.29, 1.82) is 0 Å². The number of epoxide rings is 1. The number of nitrogens with one attached hydrogen (secondary N) is 2. The summed E-state index contributed by atoms with van der Waals surface area (Å²) < 4.78 is 12.2. The van der Waals surface area contributed by atoms with E-state index in [-0.39, 0.29) is 48.6 Å². The number of hydrogen-bond donors (Lipinski definition) is 4. The van der Waals surface area contributed by atoms with Gasteiger partial charge in [0.2, 0.25) is 5.78 Å². The molecule has 2 aliphatic carbocycles. The Morgan fingerprint density at radius 1 is 1.21 bits per heavy atom. The molecule has 0 aromatic heterocycles. The maximum Gasteiger partial charge on any atom is 0.350 e. The first kappa shape index (κ1) is 34.8. The lowest BCUT2D eigenvalue weighted by Gasteiger charge is -2.32. The van der Waals surface area contributed by atoms with Crippen LogP contribution in [-0.4, -0.2) is 66.2 Å². The molecule has 0 saturated carbocycles. The Balaban J connectivity index is 1.48. The molecule has 5 unspecified atom stereocenters. The molecule has 1 aromatic rings. The van der Waals surface area contributed by atoms with Crippen molar-refractivity contribution in [3.63, 3.8) is 0 Å². The molecule has 2 heterocycles. The molecule has 0 amide bonds. The molecular weight excluding hydrogens is 594 g/mol. The highest BCUT2D eigenvalue weighted by atomic mass is 16.7. The van der Waals surface area contributed by atoms with Gasteiger partial charge in [-0.15, -0.1) is 0 Å². The van der Waals surface area contributed by atoms with Gasteiger partial charge < -0.3 is 30.9 Å². The van der Waals surface area contributed by atoms with Crippen molar-refractivity contribution < 1.29 is 29.0 Å². The van der Waals surface area contributed by atoms with Gasteiger partial charge >= 0.3 is 5.97 Å². The monoisotopic (exact) mass is 645 g/mol. The predicted molar refractivity (Wildman–Crippen MR) is 182 cm³/mol. The zero-order valence-corrected chi connectivity index (χ0v) is 28.5. The van der Waals surface area contributed by atoms with Crippen molar-refractivity contribution in [2.45, 2.75) is 90.4 Å². The van der Waals surface area contributed by atoms with Crippen molar-refractivity contribution >= 4 is 17.5 Å². The Kier molecular flexibility index (Phi) is 10.6. The predicted octanol–water partition coefficient (Wildman–Crippen LogP) is 4.70. The highest BCUT2D eigenvalue weighted by molar-refractivity contribution is 6.33. The minimum atomic E-state index is -2.10. The van der Waals surface area contributed by atoms with Crippen LogP contribution in [0.5, 0.6) is 0 Å². The first-order valence-electron chi connectivity index (χ1n) is 17.2. The van der Waals surface area contributed by atoms with Gasteiger partial charge in [0.1, 0.15) is 0 Å². The van der Waals surface area contributed by atoms with E-state index in [2.05, 4.69) is 35.8 Å². The quantitative estimate of drug-likeness (QED) is 0.0980. The van der Waals surface area contributed by atoms with E-state index in [4.69, 9.17) is 15.2 Å². The number of fused-ring (bicyclic) bond motifs is 2. The van der Waals surface area contributed by atoms with E-state index >= 15 is 0 Å². The number of rotatable bonds is 14. The van der Waals surface area contributed by atoms with E-state index in [0.717, 1.165) is 36.1 Å². The molecule has 9 nitrogen and oxygen atoms in total. The largest absolute Gasteiger partial charge is 0.463 e. The smallest absolute Gasteiger partial charge is 0.350 e. The summed E-state index contributed by atoms with van der Waals surface area (Å²) in [5, 5.41) is 17.1. The Bertz CT molecular complexity index is 1520. The number of likely N-dealkylation sites (N-methyl/N-ethyl adjacent to an activating group) is 1. The van der Waals surface area contributed by atoms with Crippen LogP contribution in [0.4, 0.5) is 0 Å². The van der Waals surface area contributed by atoms with Crippen LogP contribution in [0.3, 0.4) is 0 Å². The lowest BCUT2D eigenvalue weighted by Crippen LogP contribution is -2.52. The molecule has 9 heteroatoms. The second-order valence-corrected chi connectivity index (χ2v) is 13.9. The Labute approximate surface area is 278 Å². The van der Waals surface area contributed by atoms with Crippen LogP contribution in [-0.2, 0) is 20.7 Å². The molecule has 0 bridgehead atoms. The van der Waals surface area contributed by atoms with E-state index in [1.165, 1.54) is 0 Å². The molecule has 0 spiro atoms. The molecular formula is C38H51N3O6. The molecule has 1 saturated heterocycles. The van der Waals surface area contributed by atoms with Crippen LogP contribution < -0.4 is 16.4 Å². The van der Waals surface area contributed by atoms with Crippen LogP contribution in [0.15, 0.2) is 65.0 Å². The van der Waals surface area contributed by atoms with Gasteiger partial charge in [0.25, 0.3) is 5.60 Å². The molecule has 47 heavy (non-hydrogen) atoms. The Morgan fingerprint density at radius 2 is 2.00 bits per heavy atom. The summed E-state index contributed by atoms with van der Waals surface area (Å²) in [6.07, 6.45) is 11.9. The van der Waals surface area contributed by atoms with Gasteiger partial charge in [0.05, 0.1) is 19.0 Å². The van der Waals surface area contributed by atoms with Crippen molar-refractivity contribution in [3.05, 3.63) is 81.7 Å². The molecule has 5 N–H and O–H groups in total. The topological polar surface area (TPSA) is 143 Å². The number of ether oxygens (including phenoxy) is 2. The number of ketones is 2. The normalized spacial score (nSPS) is 28.5. The zero-order chi connectivity index (χ0) is 33.9. The fourth-order valence-corrected chi connectivity index (χ4v) is 7.48. The number of aliphatic hydroxyl groups is 1. The van der Waals surface area contributed by atoms with Crippen LogP contribution in [0.25, 0.3) is 0 Å². The molecule has 5 atom stereocenters. The number of hydrogen-bond acceptors (Lipinski definition) is 9. The van der Waals surface area contributed by atoms with Crippen molar-refractivity contribution in [2.24, 2.45) is 23.5 Å². The summed E-state index contributed by atoms with van der Waals surface area (Å²) >= 11 is 0. The minimum Gasteiger partial charge on any atom is -0.463 e. The highest BCUT2D eigenvalue weighted by Gasteiger charge is 2.85. The molecule has 1 fully saturated rings. The van der Waals surface area contributed by atoms with E-state index in [0.29, 0.717) is 43.1 Å². The highest BCUT2D eigenvalue weighted by Crippen LogP contribution is 2.60. The molecule has 4 aliphatic rings. The van der Waals surface area contributed by atoms with Gasteiger partial charge in [-0.25, -0.2) is 4.79 Å². The lowest BCUT2D eigenvalue weighted by atomic mass is 9.69. The van der Waals surface area contributed by atoms with Gasteiger partial charge in [-0.2, -0.15) is 0 Å². The minimum absolute atomic E-state index is 0.0131. The number of esters is 1. The number of Topliss-reactive ketones (excluding diaryl/α,β-unsaturated/α-hetero) is 2. The fraction of sp³-hybridized carbons (Fsp3) is 0.553. The van der Waals surface area contributed by atoms with E-state index in [1.807, 2.05) is 39.8 Å². The lowest BCUT2D eigenvalue weighted by molar-refractivity contribution is -0.149. The van der Waals surface area contributed by atoms with E-state index < -0.39 is 28.7 Å².